The van der Waals surface area contributed by atoms with E-state index in [1.54, 1.807) is 11.3 Å². The van der Waals surface area contributed by atoms with Gasteiger partial charge in [0, 0.05) is 32.8 Å². The Kier molecular flexibility index (Phi) is 11.1. The normalized spacial score (nSPS) is 16.0. The minimum absolute atomic E-state index is 0.315. The standard InChI is InChI=1S/C79H65N5S/c1-76(2)53-27-9-18-36-62(53)81(63-37-19-10-28-54(63)76)70-49-52(50-45-47-51(48-46-50)75-80-61-35-17-26-44-71(61)85-75)72(82-64-38-20-11-29-55(64)77(3,4)56-30-12-21-39-65(56)82)74(84-68-42-24-15-33-59(68)79(7,8)60-34-16-25-43-69(60)84)73(70)83-66-40-22-13-31-57(66)78(5,6)58-32-14-23-41-67(58)83/h9-49H,1-8H3. The van der Waals surface area contributed by atoms with Gasteiger partial charge in [-0.25, -0.2) is 4.98 Å². The fraction of sp³-hybridized carbons (Fsp3) is 0.152. The lowest BCUT2D eigenvalue weighted by Gasteiger charge is -2.50. The highest BCUT2D eigenvalue weighted by Gasteiger charge is 2.48. The molecule has 0 fully saturated rings. The largest absolute Gasteiger partial charge is 0.308 e. The second kappa shape index (κ2) is 18.5. The summed E-state index contributed by atoms with van der Waals surface area (Å²) in [6.07, 6.45) is 0. The van der Waals surface area contributed by atoms with E-state index < -0.39 is 0 Å². The predicted octanol–water partition coefficient (Wildman–Crippen LogP) is 22.1. The van der Waals surface area contributed by atoms with Gasteiger partial charge in [-0.15, -0.1) is 11.3 Å². The Morgan fingerprint density at radius 1 is 0.271 bits per heavy atom. The van der Waals surface area contributed by atoms with E-state index in [4.69, 9.17) is 4.98 Å². The van der Waals surface area contributed by atoms with Gasteiger partial charge in [0.15, 0.2) is 0 Å². The first kappa shape index (κ1) is 51.2. The molecule has 0 radical (unpaired) electrons. The van der Waals surface area contributed by atoms with Crippen LogP contribution in [-0.2, 0) is 21.7 Å². The van der Waals surface area contributed by atoms with Crippen molar-refractivity contribution in [3.63, 3.8) is 0 Å². The van der Waals surface area contributed by atoms with Gasteiger partial charge >= 0.3 is 0 Å². The molecule has 11 aromatic carbocycles. The Morgan fingerprint density at radius 3 is 0.906 bits per heavy atom. The molecule has 0 aliphatic carbocycles. The molecule has 412 valence electrons. The lowest BCUT2D eigenvalue weighted by Crippen LogP contribution is -2.36. The van der Waals surface area contributed by atoms with Crippen molar-refractivity contribution < 1.29 is 0 Å². The van der Waals surface area contributed by atoms with Crippen molar-refractivity contribution in [3.05, 3.63) is 293 Å². The molecule has 16 rings (SSSR count). The third kappa shape index (κ3) is 7.31. The molecule has 0 unspecified atom stereocenters. The zero-order valence-corrected chi connectivity index (χ0v) is 50.1. The molecular formula is C79H65N5S. The van der Waals surface area contributed by atoms with Gasteiger partial charge in [0.2, 0.25) is 0 Å². The average molecular weight is 1120 g/mol. The van der Waals surface area contributed by atoms with Gasteiger partial charge in [-0.1, -0.05) is 237 Å². The van der Waals surface area contributed by atoms with Crippen LogP contribution in [0.3, 0.4) is 0 Å². The van der Waals surface area contributed by atoms with Crippen molar-refractivity contribution in [2.45, 2.75) is 77.0 Å². The smallest absolute Gasteiger partial charge is 0.124 e. The number of para-hydroxylation sites is 9. The number of hydrogen-bond donors (Lipinski definition) is 0. The van der Waals surface area contributed by atoms with Crippen molar-refractivity contribution in [2.75, 3.05) is 19.6 Å². The molecule has 0 saturated heterocycles. The molecule has 1 aromatic heterocycles. The second-order valence-electron chi connectivity index (χ2n) is 25.5. The Balaban J connectivity index is 1.16. The summed E-state index contributed by atoms with van der Waals surface area (Å²) in [6, 6.07) is 93.8. The number of thiazole rings is 1. The maximum absolute atomic E-state index is 5.20. The summed E-state index contributed by atoms with van der Waals surface area (Å²) in [7, 11) is 0. The molecule has 5 heterocycles. The van der Waals surface area contributed by atoms with Crippen LogP contribution < -0.4 is 19.6 Å². The first-order valence-electron chi connectivity index (χ1n) is 29.9. The molecule has 4 aliphatic rings. The topological polar surface area (TPSA) is 25.9 Å². The Labute approximate surface area is 503 Å². The summed E-state index contributed by atoms with van der Waals surface area (Å²) in [5.74, 6) is 0. The number of rotatable bonds is 6. The molecule has 0 amide bonds. The maximum Gasteiger partial charge on any atom is 0.124 e. The summed E-state index contributed by atoms with van der Waals surface area (Å²) in [4.78, 5) is 15.8. The van der Waals surface area contributed by atoms with Gasteiger partial charge < -0.3 is 19.6 Å². The second-order valence-corrected chi connectivity index (χ2v) is 26.6. The summed E-state index contributed by atoms with van der Waals surface area (Å²) < 4.78 is 1.18. The van der Waals surface area contributed by atoms with E-state index >= 15 is 0 Å². The molecule has 12 aromatic rings. The molecular weight excluding hydrogens is 1050 g/mol. The molecule has 0 bridgehead atoms. The molecule has 0 atom stereocenters. The van der Waals surface area contributed by atoms with Crippen LogP contribution in [0.2, 0.25) is 0 Å². The number of aromatic nitrogens is 1. The average Bonchev–Trinajstić information content (AvgIpc) is 0.996. The van der Waals surface area contributed by atoms with Crippen LogP contribution in [0.25, 0.3) is 31.9 Å². The van der Waals surface area contributed by atoms with Crippen LogP contribution in [0.15, 0.2) is 249 Å². The van der Waals surface area contributed by atoms with E-state index in [2.05, 4.69) is 324 Å². The van der Waals surface area contributed by atoms with Gasteiger partial charge in [-0.05, 0) is 117 Å². The van der Waals surface area contributed by atoms with Crippen molar-refractivity contribution >= 4 is 89.8 Å². The number of fused-ring (bicyclic) bond motifs is 9. The highest BCUT2D eigenvalue weighted by atomic mass is 32.1. The zero-order chi connectivity index (χ0) is 57.7. The Bertz CT molecular complexity index is 4480. The van der Waals surface area contributed by atoms with Crippen molar-refractivity contribution in [3.8, 4) is 21.7 Å². The van der Waals surface area contributed by atoms with Crippen molar-refractivity contribution in [1.29, 1.82) is 0 Å². The van der Waals surface area contributed by atoms with E-state index in [9.17, 15) is 0 Å². The van der Waals surface area contributed by atoms with Gasteiger partial charge in [-0.2, -0.15) is 0 Å². The van der Waals surface area contributed by atoms with Crippen LogP contribution in [0.5, 0.6) is 0 Å². The number of hydrogen-bond acceptors (Lipinski definition) is 6. The third-order valence-electron chi connectivity index (χ3n) is 19.4. The first-order valence-corrected chi connectivity index (χ1v) is 30.7. The van der Waals surface area contributed by atoms with Crippen LogP contribution in [0.4, 0.5) is 68.2 Å². The molecule has 0 N–H and O–H groups in total. The first-order chi connectivity index (χ1) is 41.2. The van der Waals surface area contributed by atoms with Gasteiger partial charge in [0.05, 0.1) is 78.5 Å². The highest BCUT2D eigenvalue weighted by Crippen LogP contribution is 2.68. The Hall–Kier alpha value is -9.49. The number of anilines is 12. The molecule has 6 heteroatoms. The zero-order valence-electron chi connectivity index (χ0n) is 49.3. The molecule has 85 heavy (non-hydrogen) atoms. The SMILES string of the molecule is CC1(C)c2ccccc2N(c2cc(-c3ccc(-c4nc5ccccc5s4)cc3)c(N3c4ccccc4C(C)(C)c4ccccc43)c(N3c4ccccc4C(C)(C)c4ccccc43)c2N2c3ccccc3C(C)(C)c3ccccc32)c2ccccc21. The number of nitrogens with zero attached hydrogens (tertiary/aromatic N) is 5. The van der Waals surface area contributed by atoms with E-state index in [0.717, 1.165) is 95.5 Å². The fourth-order valence-corrected chi connectivity index (χ4v) is 16.1. The highest BCUT2D eigenvalue weighted by molar-refractivity contribution is 7.21. The van der Waals surface area contributed by atoms with Gasteiger partial charge in [-0.3, -0.25) is 0 Å². The van der Waals surface area contributed by atoms with Gasteiger partial charge in [0.1, 0.15) is 5.01 Å². The van der Waals surface area contributed by atoms with Crippen LogP contribution in [0, 0.1) is 0 Å². The monoisotopic (exact) mass is 1120 g/mol. The van der Waals surface area contributed by atoms with Crippen molar-refractivity contribution in [2.24, 2.45) is 0 Å². The molecule has 5 nitrogen and oxygen atoms in total. The third-order valence-corrected chi connectivity index (χ3v) is 20.5. The van der Waals surface area contributed by atoms with Crippen LogP contribution >= 0.6 is 11.3 Å². The maximum atomic E-state index is 5.20. The lowest BCUT2D eigenvalue weighted by atomic mass is 9.72. The van der Waals surface area contributed by atoms with E-state index in [0.29, 0.717) is 0 Å². The molecule has 0 spiro atoms. The summed E-state index contributed by atoms with van der Waals surface area (Å²) in [6.45, 7) is 19.2. The van der Waals surface area contributed by atoms with Gasteiger partial charge in [0.25, 0.3) is 0 Å². The van der Waals surface area contributed by atoms with Crippen LogP contribution in [-0.4, -0.2) is 4.98 Å². The molecule has 0 saturated carbocycles. The van der Waals surface area contributed by atoms with Crippen molar-refractivity contribution in [1.82, 2.24) is 4.98 Å². The summed E-state index contributed by atoms with van der Waals surface area (Å²) in [5, 5.41) is 1.00. The summed E-state index contributed by atoms with van der Waals surface area (Å²) >= 11 is 1.75. The van der Waals surface area contributed by atoms with E-state index in [1.165, 1.54) is 49.2 Å². The lowest BCUT2D eigenvalue weighted by molar-refractivity contribution is 0.629. The number of benzene rings is 11. The minimum Gasteiger partial charge on any atom is -0.308 e. The molecule has 4 aliphatic heterocycles. The quantitative estimate of drug-likeness (QED) is 0.165. The summed E-state index contributed by atoms with van der Waals surface area (Å²) in [5.41, 5.74) is 26.5. The fourth-order valence-electron chi connectivity index (χ4n) is 15.1. The van der Waals surface area contributed by atoms with E-state index in [1.807, 2.05) is 0 Å². The van der Waals surface area contributed by atoms with Crippen LogP contribution in [0.1, 0.15) is 99.9 Å². The Morgan fingerprint density at radius 2 is 0.553 bits per heavy atom. The minimum atomic E-state index is -0.347. The van der Waals surface area contributed by atoms with E-state index in [-0.39, 0.29) is 21.7 Å². The predicted molar refractivity (Wildman–Crippen MR) is 358 cm³/mol.